The van der Waals surface area contributed by atoms with E-state index in [4.69, 9.17) is 4.74 Å². The van der Waals surface area contributed by atoms with Crippen molar-refractivity contribution < 1.29 is 9.53 Å². The van der Waals surface area contributed by atoms with E-state index in [9.17, 15) is 4.79 Å². The summed E-state index contributed by atoms with van der Waals surface area (Å²) in [6.07, 6.45) is 0.340. The van der Waals surface area contributed by atoms with Crippen molar-refractivity contribution in [3.63, 3.8) is 0 Å². The number of rotatable bonds is 4. The van der Waals surface area contributed by atoms with Crippen LogP contribution in [0.2, 0.25) is 0 Å². The molecule has 3 heteroatoms. The molecule has 2 rings (SSSR count). The van der Waals surface area contributed by atoms with Crippen molar-refractivity contribution in [3.8, 4) is 5.75 Å². The van der Waals surface area contributed by atoms with Gasteiger partial charge in [-0.05, 0) is 41.4 Å². The van der Waals surface area contributed by atoms with Crippen molar-refractivity contribution in [1.82, 2.24) is 0 Å². The molecule has 2 aromatic rings. The van der Waals surface area contributed by atoms with Crippen molar-refractivity contribution in [2.45, 2.75) is 20.3 Å². The minimum atomic E-state index is 0.0875. The molecule has 0 fully saturated rings. The average molecular weight is 333 g/mol. The van der Waals surface area contributed by atoms with Gasteiger partial charge < -0.3 is 4.74 Å². The summed E-state index contributed by atoms with van der Waals surface area (Å²) in [5, 5.41) is 0. The van der Waals surface area contributed by atoms with E-state index in [1.54, 1.807) is 7.11 Å². The van der Waals surface area contributed by atoms with Crippen molar-refractivity contribution >= 4 is 21.7 Å². The largest absolute Gasteiger partial charge is 0.496 e. The van der Waals surface area contributed by atoms with E-state index >= 15 is 0 Å². The number of halogens is 1. The molecule has 0 N–H and O–H groups in total. The molecule has 20 heavy (non-hydrogen) atoms. The van der Waals surface area contributed by atoms with E-state index in [1.807, 2.05) is 50.2 Å². The van der Waals surface area contributed by atoms with Gasteiger partial charge in [0.05, 0.1) is 7.11 Å². The van der Waals surface area contributed by atoms with Crippen LogP contribution in [0, 0.1) is 13.8 Å². The second kappa shape index (κ2) is 6.23. The highest BCUT2D eigenvalue weighted by atomic mass is 79.9. The zero-order valence-corrected chi connectivity index (χ0v) is 13.5. The van der Waals surface area contributed by atoms with Crippen LogP contribution >= 0.6 is 15.9 Å². The Labute approximate surface area is 127 Å². The Hall–Kier alpha value is -1.61. The summed E-state index contributed by atoms with van der Waals surface area (Å²) < 4.78 is 6.20. The van der Waals surface area contributed by atoms with Gasteiger partial charge in [-0.3, -0.25) is 4.79 Å². The number of Topliss-reactive ketones (excluding diaryl/α,β-unsaturated/α-hetero) is 1. The number of ether oxygens (including phenoxy) is 1. The SMILES string of the molecule is COc1ccc(C)cc1CC(=O)c1cccc(C)c1Br. The molecular weight excluding hydrogens is 316 g/mol. The normalized spacial score (nSPS) is 10.4. The number of methoxy groups -OCH3 is 1. The number of carbonyl (C=O) groups excluding carboxylic acids is 1. The predicted molar refractivity (Wildman–Crippen MR) is 84.6 cm³/mol. The Bertz CT molecular complexity index is 647. The lowest BCUT2D eigenvalue weighted by Gasteiger charge is -2.10. The van der Waals surface area contributed by atoms with E-state index in [1.165, 1.54) is 0 Å². The first-order valence-corrected chi connectivity index (χ1v) is 7.24. The van der Waals surface area contributed by atoms with Crippen LogP contribution in [-0.2, 0) is 6.42 Å². The molecule has 0 aliphatic carbocycles. The summed E-state index contributed by atoms with van der Waals surface area (Å²) in [5.41, 5.74) is 3.82. The van der Waals surface area contributed by atoms with Gasteiger partial charge in [0.25, 0.3) is 0 Å². The van der Waals surface area contributed by atoms with Crippen LogP contribution in [0.4, 0.5) is 0 Å². The van der Waals surface area contributed by atoms with Gasteiger partial charge in [0.2, 0.25) is 0 Å². The number of hydrogen-bond acceptors (Lipinski definition) is 2. The van der Waals surface area contributed by atoms with Gasteiger partial charge >= 0.3 is 0 Å². The molecule has 0 aliphatic heterocycles. The lowest BCUT2D eigenvalue weighted by atomic mass is 9.99. The van der Waals surface area contributed by atoms with Gasteiger partial charge in [0.1, 0.15) is 5.75 Å². The second-order valence-electron chi connectivity index (χ2n) is 4.85. The Morgan fingerprint density at radius 3 is 2.65 bits per heavy atom. The number of hydrogen-bond donors (Lipinski definition) is 0. The molecule has 0 radical (unpaired) electrons. The van der Waals surface area contributed by atoms with Gasteiger partial charge in [-0.1, -0.05) is 35.9 Å². The third kappa shape index (κ3) is 3.10. The third-order valence-corrected chi connectivity index (χ3v) is 4.33. The van der Waals surface area contributed by atoms with E-state index < -0.39 is 0 Å². The summed E-state index contributed by atoms with van der Waals surface area (Å²) in [4.78, 5) is 12.5. The summed E-state index contributed by atoms with van der Waals surface area (Å²) in [5.74, 6) is 0.845. The minimum absolute atomic E-state index is 0.0875. The molecule has 0 bridgehead atoms. The van der Waals surface area contributed by atoms with E-state index in [-0.39, 0.29) is 5.78 Å². The molecule has 0 spiro atoms. The van der Waals surface area contributed by atoms with Gasteiger partial charge in [-0.25, -0.2) is 0 Å². The fraction of sp³-hybridized carbons (Fsp3) is 0.235. The monoisotopic (exact) mass is 332 g/mol. The third-order valence-electron chi connectivity index (χ3n) is 3.28. The quantitative estimate of drug-likeness (QED) is 0.770. The smallest absolute Gasteiger partial charge is 0.168 e. The van der Waals surface area contributed by atoms with Crippen molar-refractivity contribution in [3.05, 3.63) is 63.1 Å². The fourth-order valence-electron chi connectivity index (χ4n) is 2.18. The van der Waals surface area contributed by atoms with Crippen molar-refractivity contribution in [2.75, 3.05) is 7.11 Å². The maximum atomic E-state index is 12.5. The molecule has 2 aromatic carbocycles. The summed E-state index contributed by atoms with van der Waals surface area (Å²) in [6.45, 7) is 3.99. The Kier molecular flexibility index (Phi) is 4.61. The van der Waals surface area contributed by atoms with Crippen molar-refractivity contribution in [2.24, 2.45) is 0 Å². The molecule has 0 heterocycles. The molecule has 104 valence electrons. The van der Waals surface area contributed by atoms with Crippen LogP contribution in [-0.4, -0.2) is 12.9 Å². The highest BCUT2D eigenvalue weighted by Crippen LogP contribution is 2.25. The van der Waals surface area contributed by atoms with Gasteiger partial charge in [0, 0.05) is 22.0 Å². The van der Waals surface area contributed by atoms with Gasteiger partial charge in [-0.15, -0.1) is 0 Å². The molecule has 0 atom stereocenters. The van der Waals surface area contributed by atoms with E-state index in [0.29, 0.717) is 12.0 Å². The van der Waals surface area contributed by atoms with Crippen LogP contribution in [0.1, 0.15) is 27.0 Å². The summed E-state index contributed by atoms with van der Waals surface area (Å²) >= 11 is 3.49. The Morgan fingerprint density at radius 1 is 1.20 bits per heavy atom. The number of ketones is 1. The molecule has 2 nitrogen and oxygen atoms in total. The van der Waals surface area contributed by atoms with E-state index in [0.717, 1.165) is 26.9 Å². The zero-order chi connectivity index (χ0) is 14.7. The first-order valence-electron chi connectivity index (χ1n) is 6.44. The summed E-state index contributed by atoms with van der Waals surface area (Å²) in [7, 11) is 1.63. The molecule has 0 aliphatic rings. The lowest BCUT2D eigenvalue weighted by molar-refractivity contribution is 0.0991. The summed E-state index contributed by atoms with van der Waals surface area (Å²) in [6, 6.07) is 11.6. The standard InChI is InChI=1S/C17H17BrO2/c1-11-7-8-16(20-3)13(9-11)10-15(19)14-6-4-5-12(2)17(14)18/h4-9H,10H2,1-3H3. The lowest BCUT2D eigenvalue weighted by Crippen LogP contribution is -2.06. The average Bonchev–Trinajstić information content (AvgIpc) is 2.42. The second-order valence-corrected chi connectivity index (χ2v) is 5.64. The predicted octanol–water partition coefficient (Wildman–Crippen LogP) is 4.50. The molecule has 0 saturated heterocycles. The minimum Gasteiger partial charge on any atom is -0.496 e. The Balaban J connectivity index is 2.32. The molecule has 0 aromatic heterocycles. The van der Waals surface area contributed by atoms with Crippen LogP contribution in [0.3, 0.4) is 0 Å². The van der Waals surface area contributed by atoms with Gasteiger partial charge in [0.15, 0.2) is 5.78 Å². The molecular formula is C17H17BrO2. The Morgan fingerprint density at radius 2 is 1.95 bits per heavy atom. The van der Waals surface area contributed by atoms with Crippen LogP contribution < -0.4 is 4.74 Å². The maximum absolute atomic E-state index is 12.5. The first-order chi connectivity index (χ1) is 9.52. The first kappa shape index (κ1) is 14.8. The molecule has 0 unspecified atom stereocenters. The highest BCUT2D eigenvalue weighted by molar-refractivity contribution is 9.10. The number of benzene rings is 2. The number of aryl methyl sites for hydroxylation is 2. The van der Waals surface area contributed by atoms with E-state index in [2.05, 4.69) is 15.9 Å². The van der Waals surface area contributed by atoms with Crippen molar-refractivity contribution in [1.29, 1.82) is 0 Å². The molecule has 0 saturated carbocycles. The van der Waals surface area contributed by atoms with Crippen LogP contribution in [0.15, 0.2) is 40.9 Å². The number of carbonyl (C=O) groups is 1. The maximum Gasteiger partial charge on any atom is 0.168 e. The van der Waals surface area contributed by atoms with Crippen LogP contribution in [0.25, 0.3) is 0 Å². The topological polar surface area (TPSA) is 26.3 Å². The van der Waals surface area contributed by atoms with Gasteiger partial charge in [-0.2, -0.15) is 0 Å². The van der Waals surface area contributed by atoms with Crippen LogP contribution in [0.5, 0.6) is 5.75 Å². The fourth-order valence-corrected chi connectivity index (χ4v) is 2.66. The zero-order valence-electron chi connectivity index (χ0n) is 11.9. The highest BCUT2D eigenvalue weighted by Gasteiger charge is 2.14. The molecule has 0 amide bonds.